The maximum Gasteiger partial charge on any atom is 0.161 e. The molecule has 3 rings (SSSR count). The third-order valence-corrected chi connectivity index (χ3v) is 3.26. The Morgan fingerprint density at radius 2 is 1.86 bits per heavy atom. The number of fused-ring (bicyclic) bond motifs is 1. The molecule has 0 radical (unpaired) electrons. The number of nitrogens with zero attached hydrogens (tertiary/aromatic N) is 3. The van der Waals surface area contributed by atoms with Crippen molar-refractivity contribution in [2.45, 2.75) is 6.92 Å². The molecule has 2 heterocycles. The molecule has 108 valence electrons. The molecule has 0 fully saturated rings. The highest BCUT2D eigenvalue weighted by molar-refractivity contribution is 5.80. The average Bonchev–Trinajstić information content (AvgIpc) is 2.85. The van der Waals surface area contributed by atoms with Crippen LogP contribution >= 0.6 is 0 Å². The highest BCUT2D eigenvalue weighted by atomic mass is 16.5. The molecule has 1 aromatic carbocycles. The van der Waals surface area contributed by atoms with Crippen molar-refractivity contribution in [1.29, 1.82) is 0 Å². The summed E-state index contributed by atoms with van der Waals surface area (Å²) < 4.78 is 12.3. The van der Waals surface area contributed by atoms with Crippen molar-refractivity contribution in [2.24, 2.45) is 0 Å². The molecule has 0 spiro atoms. The van der Waals surface area contributed by atoms with Gasteiger partial charge in [-0.1, -0.05) is 6.07 Å². The molecule has 21 heavy (non-hydrogen) atoms. The van der Waals surface area contributed by atoms with Crippen molar-refractivity contribution in [3.05, 3.63) is 36.2 Å². The molecule has 2 N–H and O–H groups in total. The van der Waals surface area contributed by atoms with E-state index in [2.05, 4.69) is 10.1 Å². The van der Waals surface area contributed by atoms with Gasteiger partial charge in [-0.25, -0.2) is 9.50 Å². The molecular weight excluding hydrogens is 268 g/mol. The van der Waals surface area contributed by atoms with Crippen molar-refractivity contribution >= 4 is 11.5 Å². The molecule has 0 aliphatic rings. The number of rotatable bonds is 3. The fourth-order valence-electron chi connectivity index (χ4n) is 2.33. The highest BCUT2D eigenvalue weighted by Crippen LogP contribution is 2.34. The molecule has 0 atom stereocenters. The van der Waals surface area contributed by atoms with Gasteiger partial charge in [0.25, 0.3) is 0 Å². The second-order valence-corrected chi connectivity index (χ2v) is 4.70. The first kappa shape index (κ1) is 13.2. The minimum Gasteiger partial charge on any atom is -0.493 e. The first-order chi connectivity index (χ1) is 10.1. The number of aromatic nitrogens is 3. The van der Waals surface area contributed by atoms with Gasteiger partial charge in [-0.3, -0.25) is 0 Å². The summed E-state index contributed by atoms with van der Waals surface area (Å²) in [7, 11) is 3.22. The minimum atomic E-state index is 0.435. The van der Waals surface area contributed by atoms with Gasteiger partial charge < -0.3 is 15.2 Å². The standard InChI is InChI=1S/C15H16N4O2/c1-9-8-19-15(17-9)11(7-14(16)18-19)10-4-5-12(20-2)13(6-10)21-3/h4-8H,1-3H3,(H2,16,18). The molecule has 0 aliphatic carbocycles. The fourth-order valence-corrected chi connectivity index (χ4v) is 2.33. The summed E-state index contributed by atoms with van der Waals surface area (Å²) in [5.74, 6) is 1.77. The Morgan fingerprint density at radius 1 is 1.10 bits per heavy atom. The third kappa shape index (κ3) is 2.24. The highest BCUT2D eigenvalue weighted by Gasteiger charge is 2.12. The molecule has 0 aliphatic heterocycles. The number of benzene rings is 1. The molecule has 0 unspecified atom stereocenters. The van der Waals surface area contributed by atoms with Gasteiger partial charge >= 0.3 is 0 Å². The maximum absolute atomic E-state index is 5.88. The van der Waals surface area contributed by atoms with Crippen molar-refractivity contribution in [2.75, 3.05) is 20.0 Å². The summed E-state index contributed by atoms with van der Waals surface area (Å²) >= 11 is 0. The van der Waals surface area contributed by atoms with Gasteiger partial charge in [-0.15, -0.1) is 5.10 Å². The van der Waals surface area contributed by atoms with Crippen LogP contribution in [0, 0.1) is 6.92 Å². The first-order valence-electron chi connectivity index (χ1n) is 6.47. The Labute approximate surface area is 122 Å². The van der Waals surface area contributed by atoms with Crippen LogP contribution in [0.2, 0.25) is 0 Å². The monoisotopic (exact) mass is 284 g/mol. The van der Waals surface area contributed by atoms with E-state index in [0.717, 1.165) is 22.5 Å². The number of aryl methyl sites for hydroxylation is 1. The second-order valence-electron chi connectivity index (χ2n) is 4.70. The van der Waals surface area contributed by atoms with Gasteiger partial charge in [0.1, 0.15) is 5.82 Å². The van der Waals surface area contributed by atoms with Gasteiger partial charge in [0.15, 0.2) is 17.1 Å². The number of methoxy groups -OCH3 is 2. The van der Waals surface area contributed by atoms with Crippen molar-refractivity contribution in [3.8, 4) is 22.6 Å². The zero-order valence-corrected chi connectivity index (χ0v) is 12.1. The van der Waals surface area contributed by atoms with Crippen molar-refractivity contribution < 1.29 is 9.47 Å². The topological polar surface area (TPSA) is 74.7 Å². The lowest BCUT2D eigenvalue weighted by molar-refractivity contribution is 0.355. The molecule has 6 heteroatoms. The van der Waals surface area contributed by atoms with E-state index in [1.54, 1.807) is 18.7 Å². The third-order valence-electron chi connectivity index (χ3n) is 3.26. The second kappa shape index (κ2) is 4.97. The van der Waals surface area contributed by atoms with Crippen LogP contribution in [0.3, 0.4) is 0 Å². The van der Waals surface area contributed by atoms with Gasteiger partial charge in [-0.2, -0.15) is 0 Å². The molecule has 0 saturated heterocycles. The lowest BCUT2D eigenvalue weighted by Gasteiger charge is -2.10. The predicted octanol–water partition coefficient (Wildman–Crippen LogP) is 2.30. The van der Waals surface area contributed by atoms with Crippen LogP contribution in [-0.4, -0.2) is 28.8 Å². The summed E-state index contributed by atoms with van der Waals surface area (Å²) in [6, 6.07) is 7.51. The Morgan fingerprint density at radius 3 is 2.57 bits per heavy atom. The van der Waals surface area contributed by atoms with E-state index in [9.17, 15) is 0 Å². The number of hydrogen-bond donors (Lipinski definition) is 1. The Kier molecular flexibility index (Phi) is 3.13. The van der Waals surface area contributed by atoms with Crippen LogP contribution in [0.25, 0.3) is 16.8 Å². The zero-order valence-electron chi connectivity index (χ0n) is 12.1. The zero-order chi connectivity index (χ0) is 15.0. The molecular formula is C15H16N4O2. The lowest BCUT2D eigenvalue weighted by Crippen LogP contribution is -1.99. The Hall–Kier alpha value is -2.76. The fraction of sp³-hybridized carbons (Fsp3) is 0.200. The Bertz CT molecular complexity index is 811. The van der Waals surface area contributed by atoms with Crippen LogP contribution in [0.1, 0.15) is 5.69 Å². The van der Waals surface area contributed by atoms with Crippen molar-refractivity contribution in [1.82, 2.24) is 14.6 Å². The molecule has 0 saturated carbocycles. The quantitative estimate of drug-likeness (QED) is 0.798. The molecule has 6 nitrogen and oxygen atoms in total. The first-order valence-corrected chi connectivity index (χ1v) is 6.47. The number of ether oxygens (including phenoxy) is 2. The number of nitrogen functional groups attached to an aromatic ring is 1. The van der Waals surface area contributed by atoms with E-state index in [1.807, 2.05) is 37.4 Å². The van der Waals surface area contributed by atoms with Crippen LogP contribution in [0.15, 0.2) is 30.5 Å². The van der Waals surface area contributed by atoms with Gasteiger partial charge in [0.2, 0.25) is 0 Å². The molecule has 0 bridgehead atoms. The number of nitrogens with two attached hydrogens (primary N) is 1. The number of imidazole rings is 1. The number of anilines is 1. The minimum absolute atomic E-state index is 0.435. The maximum atomic E-state index is 5.88. The van der Waals surface area contributed by atoms with Gasteiger partial charge in [0.05, 0.1) is 26.1 Å². The van der Waals surface area contributed by atoms with Crippen LogP contribution < -0.4 is 15.2 Å². The van der Waals surface area contributed by atoms with E-state index in [1.165, 1.54) is 0 Å². The summed E-state index contributed by atoms with van der Waals surface area (Å²) in [5.41, 5.74) is 9.37. The summed E-state index contributed by atoms with van der Waals surface area (Å²) in [6.07, 6.45) is 1.84. The van der Waals surface area contributed by atoms with Crippen LogP contribution in [0.4, 0.5) is 5.82 Å². The summed E-state index contributed by atoms with van der Waals surface area (Å²) in [4.78, 5) is 4.50. The van der Waals surface area contributed by atoms with Crippen LogP contribution in [-0.2, 0) is 0 Å². The smallest absolute Gasteiger partial charge is 0.161 e. The van der Waals surface area contributed by atoms with E-state index in [0.29, 0.717) is 17.3 Å². The average molecular weight is 284 g/mol. The van der Waals surface area contributed by atoms with Gasteiger partial charge in [0, 0.05) is 5.56 Å². The summed E-state index contributed by atoms with van der Waals surface area (Å²) in [6.45, 7) is 1.92. The molecule has 2 aromatic heterocycles. The normalized spacial score (nSPS) is 10.8. The van der Waals surface area contributed by atoms with E-state index in [4.69, 9.17) is 15.2 Å². The Balaban J connectivity index is 2.24. The molecule has 0 amide bonds. The van der Waals surface area contributed by atoms with E-state index < -0.39 is 0 Å². The predicted molar refractivity (Wildman–Crippen MR) is 80.7 cm³/mol. The van der Waals surface area contributed by atoms with Gasteiger partial charge in [-0.05, 0) is 30.7 Å². The largest absolute Gasteiger partial charge is 0.493 e. The SMILES string of the molecule is COc1ccc(-c2cc(N)nn3cc(C)nc23)cc1OC. The number of hydrogen-bond acceptors (Lipinski definition) is 5. The lowest BCUT2D eigenvalue weighted by atomic mass is 10.1. The van der Waals surface area contributed by atoms with Crippen molar-refractivity contribution in [3.63, 3.8) is 0 Å². The molecule has 3 aromatic rings. The van der Waals surface area contributed by atoms with E-state index in [-0.39, 0.29) is 0 Å². The summed E-state index contributed by atoms with van der Waals surface area (Å²) in [5, 5.41) is 4.23. The van der Waals surface area contributed by atoms with Crippen LogP contribution in [0.5, 0.6) is 11.5 Å². The van der Waals surface area contributed by atoms with E-state index >= 15 is 0 Å².